The molecule has 2 aromatic carbocycles. The summed E-state index contributed by atoms with van der Waals surface area (Å²) in [5.41, 5.74) is 0.837. The van der Waals surface area contributed by atoms with Gasteiger partial charge in [0, 0.05) is 15.1 Å². The largest absolute Gasteiger partial charge is 0.403 e. The van der Waals surface area contributed by atoms with E-state index in [0.29, 0.717) is 15.9 Å². The first-order chi connectivity index (χ1) is 9.13. The van der Waals surface area contributed by atoms with Crippen LogP contribution in [0.3, 0.4) is 0 Å². The first-order valence-electron chi connectivity index (χ1n) is 5.50. The Balaban J connectivity index is 2.28. The second kappa shape index (κ2) is 4.79. The van der Waals surface area contributed by atoms with Crippen molar-refractivity contribution in [2.75, 3.05) is 0 Å². The van der Waals surface area contributed by atoms with Crippen molar-refractivity contribution in [1.82, 2.24) is 4.98 Å². The van der Waals surface area contributed by atoms with Crippen molar-refractivity contribution in [3.63, 3.8) is 0 Å². The van der Waals surface area contributed by atoms with Gasteiger partial charge in [0.15, 0.2) is 0 Å². The summed E-state index contributed by atoms with van der Waals surface area (Å²) in [6.45, 7) is 0. The topological polar surface area (TPSA) is 43.1 Å². The van der Waals surface area contributed by atoms with Crippen LogP contribution in [0.5, 0.6) is 0 Å². The highest BCUT2D eigenvalue weighted by Crippen LogP contribution is 2.23. The average molecular weight is 337 g/mol. The predicted octanol–water partition coefficient (Wildman–Crippen LogP) is 4.27. The van der Waals surface area contributed by atoms with E-state index in [4.69, 9.17) is 16.0 Å². The van der Waals surface area contributed by atoms with Crippen molar-refractivity contribution in [2.45, 2.75) is 0 Å². The number of nitrogens with zero attached hydrogens (tertiary/aromatic N) is 1. The van der Waals surface area contributed by atoms with Gasteiger partial charge in [-0.05, 0) is 36.4 Å². The second-order valence-electron chi connectivity index (χ2n) is 3.98. The van der Waals surface area contributed by atoms with Crippen LogP contribution in [0.25, 0.3) is 22.4 Å². The Kier molecular flexibility index (Phi) is 3.12. The highest BCUT2D eigenvalue weighted by molar-refractivity contribution is 9.10. The van der Waals surface area contributed by atoms with Gasteiger partial charge in [0.1, 0.15) is 0 Å². The summed E-state index contributed by atoms with van der Waals surface area (Å²) in [6, 6.07) is 12.3. The number of rotatable bonds is 1. The van der Waals surface area contributed by atoms with E-state index >= 15 is 0 Å². The van der Waals surface area contributed by atoms with E-state index in [-0.39, 0.29) is 5.89 Å². The Hall–Kier alpha value is -1.65. The van der Waals surface area contributed by atoms with Crippen LogP contribution in [0, 0.1) is 0 Å². The summed E-state index contributed by atoms with van der Waals surface area (Å²) in [6.07, 6.45) is 0. The minimum absolute atomic E-state index is 0.279. The first-order valence-corrected chi connectivity index (χ1v) is 6.67. The lowest BCUT2D eigenvalue weighted by molar-refractivity contribution is 0.518. The molecule has 19 heavy (non-hydrogen) atoms. The van der Waals surface area contributed by atoms with Crippen molar-refractivity contribution < 1.29 is 4.42 Å². The molecule has 0 saturated carbocycles. The molecule has 0 atom stereocenters. The van der Waals surface area contributed by atoms with Gasteiger partial charge in [-0.2, -0.15) is 0 Å². The van der Waals surface area contributed by atoms with E-state index in [2.05, 4.69) is 20.9 Å². The van der Waals surface area contributed by atoms with Gasteiger partial charge in [0.2, 0.25) is 5.89 Å². The maximum Gasteiger partial charge on any atom is 0.347 e. The van der Waals surface area contributed by atoms with Crippen molar-refractivity contribution >= 4 is 38.4 Å². The molecular formula is C14H7BrClNO2. The maximum atomic E-state index is 11.9. The fourth-order valence-electron chi connectivity index (χ4n) is 1.79. The quantitative estimate of drug-likeness (QED) is 0.666. The molecular weight excluding hydrogens is 330 g/mol. The summed E-state index contributed by atoms with van der Waals surface area (Å²) in [5.74, 6) is 0.279. The molecule has 0 unspecified atom stereocenters. The standard InChI is InChI=1S/C14H7BrClNO2/c15-9-3-1-2-8(6-9)13-17-12-7-10(16)4-5-11(12)14(18)19-13/h1-7H. The molecule has 0 spiro atoms. The van der Waals surface area contributed by atoms with Crippen LogP contribution in [-0.4, -0.2) is 4.98 Å². The average Bonchev–Trinajstić information content (AvgIpc) is 2.38. The molecule has 0 fully saturated rings. The number of fused-ring (bicyclic) bond motifs is 1. The van der Waals surface area contributed by atoms with Gasteiger partial charge in [0.25, 0.3) is 0 Å². The summed E-state index contributed by atoms with van der Waals surface area (Å²) >= 11 is 9.29. The Morgan fingerprint density at radius 1 is 1.16 bits per heavy atom. The maximum absolute atomic E-state index is 11.9. The summed E-state index contributed by atoms with van der Waals surface area (Å²) in [5, 5.41) is 0.953. The van der Waals surface area contributed by atoms with Gasteiger partial charge in [0.05, 0.1) is 10.9 Å². The Morgan fingerprint density at radius 2 is 2.00 bits per heavy atom. The zero-order valence-corrected chi connectivity index (χ0v) is 11.9. The van der Waals surface area contributed by atoms with Crippen LogP contribution >= 0.6 is 27.5 Å². The molecule has 0 aliphatic rings. The second-order valence-corrected chi connectivity index (χ2v) is 5.33. The highest BCUT2D eigenvalue weighted by Gasteiger charge is 2.09. The third-order valence-electron chi connectivity index (χ3n) is 2.66. The SMILES string of the molecule is O=c1oc(-c2cccc(Br)c2)nc2cc(Cl)ccc12. The van der Waals surface area contributed by atoms with Crippen LogP contribution in [-0.2, 0) is 0 Å². The molecule has 3 aromatic rings. The smallest absolute Gasteiger partial charge is 0.347 e. The fraction of sp³-hybridized carbons (Fsp3) is 0. The molecule has 0 saturated heterocycles. The van der Waals surface area contributed by atoms with Crippen LogP contribution in [0.2, 0.25) is 5.02 Å². The molecule has 0 radical (unpaired) electrons. The van der Waals surface area contributed by atoms with E-state index < -0.39 is 5.63 Å². The molecule has 0 N–H and O–H groups in total. The molecule has 0 amide bonds. The monoisotopic (exact) mass is 335 g/mol. The zero-order chi connectivity index (χ0) is 13.4. The molecule has 0 aliphatic heterocycles. The number of hydrogen-bond donors (Lipinski definition) is 0. The number of aromatic nitrogens is 1. The number of halogens is 2. The van der Waals surface area contributed by atoms with Crippen LogP contribution in [0.4, 0.5) is 0 Å². The lowest BCUT2D eigenvalue weighted by atomic mass is 10.2. The van der Waals surface area contributed by atoms with Crippen molar-refractivity contribution in [3.8, 4) is 11.5 Å². The zero-order valence-electron chi connectivity index (χ0n) is 9.56. The summed E-state index contributed by atoms with van der Waals surface area (Å²) in [7, 11) is 0. The van der Waals surface area contributed by atoms with E-state index in [0.717, 1.165) is 10.0 Å². The Labute approximate surface area is 122 Å². The predicted molar refractivity (Wildman–Crippen MR) is 78.4 cm³/mol. The highest BCUT2D eigenvalue weighted by atomic mass is 79.9. The summed E-state index contributed by atoms with van der Waals surface area (Å²) in [4.78, 5) is 16.2. The van der Waals surface area contributed by atoms with Gasteiger partial charge >= 0.3 is 5.63 Å². The van der Waals surface area contributed by atoms with E-state index in [1.807, 2.05) is 24.3 Å². The molecule has 5 heteroatoms. The summed E-state index contributed by atoms with van der Waals surface area (Å²) < 4.78 is 6.13. The van der Waals surface area contributed by atoms with E-state index in [9.17, 15) is 4.79 Å². The molecule has 94 valence electrons. The number of hydrogen-bond acceptors (Lipinski definition) is 3. The molecule has 0 bridgehead atoms. The number of benzene rings is 2. The third kappa shape index (κ3) is 2.41. The molecule has 0 aliphatic carbocycles. The normalized spacial score (nSPS) is 10.8. The molecule has 1 aromatic heterocycles. The van der Waals surface area contributed by atoms with Gasteiger partial charge in [-0.3, -0.25) is 0 Å². The van der Waals surface area contributed by atoms with E-state index in [1.165, 1.54) is 0 Å². The Morgan fingerprint density at radius 3 is 2.79 bits per heavy atom. The van der Waals surface area contributed by atoms with Crippen LogP contribution < -0.4 is 5.63 Å². The van der Waals surface area contributed by atoms with Crippen LogP contribution in [0.15, 0.2) is 56.1 Å². The lowest BCUT2D eigenvalue weighted by Gasteiger charge is -2.02. The van der Waals surface area contributed by atoms with Crippen LogP contribution in [0.1, 0.15) is 0 Å². The third-order valence-corrected chi connectivity index (χ3v) is 3.39. The van der Waals surface area contributed by atoms with Crippen molar-refractivity contribution in [3.05, 3.63) is 62.4 Å². The molecule has 3 nitrogen and oxygen atoms in total. The van der Waals surface area contributed by atoms with Gasteiger partial charge in [-0.25, -0.2) is 9.78 Å². The fourth-order valence-corrected chi connectivity index (χ4v) is 2.36. The molecule has 1 heterocycles. The van der Waals surface area contributed by atoms with Gasteiger partial charge in [-0.1, -0.05) is 33.6 Å². The molecule has 3 rings (SSSR count). The van der Waals surface area contributed by atoms with E-state index in [1.54, 1.807) is 18.2 Å². The van der Waals surface area contributed by atoms with Crippen molar-refractivity contribution in [2.24, 2.45) is 0 Å². The van der Waals surface area contributed by atoms with Crippen molar-refractivity contribution in [1.29, 1.82) is 0 Å². The minimum atomic E-state index is -0.420. The lowest BCUT2D eigenvalue weighted by Crippen LogP contribution is -2.02. The van der Waals surface area contributed by atoms with Gasteiger partial charge < -0.3 is 4.42 Å². The Bertz CT molecular complexity index is 829. The first kappa shape index (κ1) is 12.4. The minimum Gasteiger partial charge on any atom is -0.403 e. The van der Waals surface area contributed by atoms with Gasteiger partial charge in [-0.15, -0.1) is 0 Å².